The van der Waals surface area contributed by atoms with Crippen molar-refractivity contribution in [1.82, 2.24) is 15.0 Å². The molecule has 0 atom stereocenters. The molecule has 1 aromatic rings. The third-order valence-electron chi connectivity index (χ3n) is 2.55. The Morgan fingerprint density at radius 3 is 2.62 bits per heavy atom. The van der Waals surface area contributed by atoms with E-state index in [1.54, 1.807) is 12.4 Å². The van der Waals surface area contributed by atoms with Gasteiger partial charge < -0.3 is 11.2 Å². The van der Waals surface area contributed by atoms with Crippen LogP contribution in [-0.2, 0) is 0 Å². The van der Waals surface area contributed by atoms with Crippen molar-refractivity contribution in [1.29, 1.82) is 0 Å². The molecule has 1 fully saturated rings. The van der Waals surface area contributed by atoms with E-state index < -0.39 is 0 Å². The Kier molecular flexibility index (Phi) is 3.63. The third kappa shape index (κ3) is 2.65. The first-order valence-corrected chi connectivity index (χ1v) is 5.80. The summed E-state index contributed by atoms with van der Waals surface area (Å²) in [6.45, 7) is 2.04. The standard InChI is InChI=1S/C10H15N5S/c11-9(16)8-10(13-5-4-12-8)14-15-6-2-1-3-7-15/h4-5H,1-3,6-7H2,(H2,11,16)(H,13,14). The van der Waals surface area contributed by atoms with E-state index >= 15 is 0 Å². The van der Waals surface area contributed by atoms with Crippen LogP contribution < -0.4 is 11.2 Å². The molecule has 0 bridgehead atoms. The zero-order chi connectivity index (χ0) is 11.4. The van der Waals surface area contributed by atoms with E-state index in [4.69, 9.17) is 18.0 Å². The number of piperidine rings is 1. The quantitative estimate of drug-likeness (QED) is 0.762. The van der Waals surface area contributed by atoms with Crippen LogP contribution in [0, 0.1) is 0 Å². The Bertz CT molecular complexity index is 375. The lowest BCUT2D eigenvalue weighted by atomic mass is 10.2. The highest BCUT2D eigenvalue weighted by Gasteiger charge is 2.13. The minimum Gasteiger partial charge on any atom is -0.388 e. The molecular weight excluding hydrogens is 222 g/mol. The molecule has 0 unspecified atom stereocenters. The molecule has 16 heavy (non-hydrogen) atoms. The van der Waals surface area contributed by atoms with Gasteiger partial charge in [0.1, 0.15) is 10.7 Å². The summed E-state index contributed by atoms with van der Waals surface area (Å²) in [4.78, 5) is 8.61. The Balaban J connectivity index is 2.10. The van der Waals surface area contributed by atoms with Gasteiger partial charge in [-0.2, -0.15) is 0 Å². The minimum atomic E-state index is 0.271. The van der Waals surface area contributed by atoms with Crippen molar-refractivity contribution in [3.63, 3.8) is 0 Å². The van der Waals surface area contributed by atoms with E-state index in [9.17, 15) is 0 Å². The largest absolute Gasteiger partial charge is 0.388 e. The summed E-state index contributed by atoms with van der Waals surface area (Å²) >= 11 is 4.93. The van der Waals surface area contributed by atoms with Gasteiger partial charge in [0.2, 0.25) is 0 Å². The lowest BCUT2D eigenvalue weighted by Crippen LogP contribution is -2.36. The van der Waals surface area contributed by atoms with Gasteiger partial charge in [-0.1, -0.05) is 18.6 Å². The van der Waals surface area contributed by atoms with Crippen LogP contribution in [0.15, 0.2) is 12.4 Å². The topological polar surface area (TPSA) is 67.1 Å². The second kappa shape index (κ2) is 5.18. The predicted octanol–water partition coefficient (Wildman–Crippen LogP) is 0.924. The molecule has 0 saturated carbocycles. The molecule has 1 aromatic heterocycles. The molecule has 6 heteroatoms. The molecular formula is C10H15N5S. The van der Waals surface area contributed by atoms with Gasteiger partial charge in [-0.25, -0.2) is 15.0 Å². The molecule has 0 amide bonds. The number of anilines is 1. The summed E-state index contributed by atoms with van der Waals surface area (Å²) in [5, 5.41) is 2.13. The number of rotatable bonds is 3. The number of hydrazine groups is 1. The van der Waals surface area contributed by atoms with Gasteiger partial charge in [0.05, 0.1) is 0 Å². The van der Waals surface area contributed by atoms with E-state index in [-0.39, 0.29) is 4.99 Å². The first-order valence-electron chi connectivity index (χ1n) is 5.40. The molecule has 0 spiro atoms. The first-order chi connectivity index (χ1) is 7.77. The molecule has 5 nitrogen and oxygen atoms in total. The van der Waals surface area contributed by atoms with Crippen LogP contribution in [0.5, 0.6) is 0 Å². The number of nitrogens with two attached hydrogens (primary N) is 1. The maximum atomic E-state index is 5.59. The maximum Gasteiger partial charge on any atom is 0.169 e. The van der Waals surface area contributed by atoms with E-state index in [0.29, 0.717) is 11.5 Å². The van der Waals surface area contributed by atoms with Gasteiger partial charge in [0.25, 0.3) is 0 Å². The molecule has 0 aromatic carbocycles. The fourth-order valence-electron chi connectivity index (χ4n) is 1.76. The summed E-state index contributed by atoms with van der Waals surface area (Å²) in [7, 11) is 0. The van der Waals surface area contributed by atoms with Crippen molar-refractivity contribution in [3.8, 4) is 0 Å². The summed E-state index contributed by atoms with van der Waals surface area (Å²) in [6.07, 6.45) is 6.93. The van der Waals surface area contributed by atoms with E-state index in [1.807, 2.05) is 0 Å². The molecule has 2 heterocycles. The smallest absolute Gasteiger partial charge is 0.169 e. The number of hydrogen-bond acceptors (Lipinski definition) is 5. The van der Waals surface area contributed by atoms with Crippen molar-refractivity contribution in [2.24, 2.45) is 5.73 Å². The van der Waals surface area contributed by atoms with Crippen molar-refractivity contribution in [3.05, 3.63) is 18.1 Å². The highest BCUT2D eigenvalue weighted by molar-refractivity contribution is 7.80. The van der Waals surface area contributed by atoms with Gasteiger partial charge in [-0.05, 0) is 12.8 Å². The van der Waals surface area contributed by atoms with Crippen molar-refractivity contribution in [2.75, 3.05) is 18.5 Å². The van der Waals surface area contributed by atoms with Crippen LogP contribution in [0.2, 0.25) is 0 Å². The fourth-order valence-corrected chi connectivity index (χ4v) is 1.91. The molecule has 0 aliphatic carbocycles. The van der Waals surface area contributed by atoms with Crippen molar-refractivity contribution in [2.45, 2.75) is 19.3 Å². The molecule has 1 aliphatic heterocycles. The van der Waals surface area contributed by atoms with Crippen LogP contribution in [-0.4, -0.2) is 33.1 Å². The lowest BCUT2D eigenvalue weighted by molar-refractivity contribution is 0.272. The first kappa shape index (κ1) is 11.2. The van der Waals surface area contributed by atoms with Crippen molar-refractivity contribution < 1.29 is 0 Å². The van der Waals surface area contributed by atoms with E-state index in [1.165, 1.54) is 19.3 Å². The zero-order valence-electron chi connectivity index (χ0n) is 9.02. The number of nitrogens with one attached hydrogen (secondary N) is 1. The van der Waals surface area contributed by atoms with Crippen LogP contribution >= 0.6 is 12.2 Å². The van der Waals surface area contributed by atoms with Crippen molar-refractivity contribution >= 4 is 23.0 Å². The summed E-state index contributed by atoms with van der Waals surface area (Å²) in [6, 6.07) is 0. The Labute approximate surface area is 100 Å². The van der Waals surface area contributed by atoms with E-state index in [0.717, 1.165) is 13.1 Å². The summed E-state index contributed by atoms with van der Waals surface area (Å²) in [5.74, 6) is 0.650. The second-order valence-electron chi connectivity index (χ2n) is 3.78. The summed E-state index contributed by atoms with van der Waals surface area (Å²) in [5.41, 5.74) is 9.37. The zero-order valence-corrected chi connectivity index (χ0v) is 9.83. The molecule has 2 rings (SSSR count). The molecule has 1 aliphatic rings. The van der Waals surface area contributed by atoms with Crippen LogP contribution in [0.25, 0.3) is 0 Å². The highest BCUT2D eigenvalue weighted by atomic mass is 32.1. The minimum absolute atomic E-state index is 0.271. The Morgan fingerprint density at radius 1 is 1.25 bits per heavy atom. The predicted molar refractivity (Wildman–Crippen MR) is 67.0 cm³/mol. The number of hydrogen-bond donors (Lipinski definition) is 2. The van der Waals surface area contributed by atoms with Gasteiger partial charge in [0, 0.05) is 25.5 Å². The lowest BCUT2D eigenvalue weighted by Gasteiger charge is -2.27. The van der Waals surface area contributed by atoms with Gasteiger partial charge in [-0.3, -0.25) is 0 Å². The van der Waals surface area contributed by atoms with Gasteiger partial charge >= 0.3 is 0 Å². The third-order valence-corrected chi connectivity index (χ3v) is 2.75. The highest BCUT2D eigenvalue weighted by Crippen LogP contribution is 2.13. The number of aromatic nitrogens is 2. The number of nitrogens with zero attached hydrogens (tertiary/aromatic N) is 3. The van der Waals surface area contributed by atoms with Crippen LogP contribution in [0.3, 0.4) is 0 Å². The van der Waals surface area contributed by atoms with Crippen LogP contribution in [0.4, 0.5) is 5.82 Å². The average Bonchev–Trinajstić information content (AvgIpc) is 2.31. The monoisotopic (exact) mass is 237 g/mol. The van der Waals surface area contributed by atoms with Gasteiger partial charge in [0.15, 0.2) is 5.82 Å². The van der Waals surface area contributed by atoms with Gasteiger partial charge in [-0.15, -0.1) is 0 Å². The molecule has 86 valence electrons. The molecule has 0 radical (unpaired) electrons. The normalized spacial score (nSPS) is 17.0. The Morgan fingerprint density at radius 2 is 1.94 bits per heavy atom. The van der Waals surface area contributed by atoms with Crippen LogP contribution in [0.1, 0.15) is 25.0 Å². The average molecular weight is 237 g/mol. The molecule has 1 saturated heterocycles. The number of thiocarbonyl (C=S) groups is 1. The Hall–Kier alpha value is -1.27. The summed E-state index contributed by atoms with van der Waals surface area (Å²) < 4.78 is 0. The SMILES string of the molecule is NC(=S)c1nccnc1NN1CCCCC1. The maximum absolute atomic E-state index is 5.59. The van der Waals surface area contributed by atoms with E-state index in [2.05, 4.69) is 20.4 Å². The molecule has 3 N–H and O–H groups in total. The second-order valence-corrected chi connectivity index (χ2v) is 4.22. The fraction of sp³-hybridized carbons (Fsp3) is 0.500.